The van der Waals surface area contributed by atoms with Crippen molar-refractivity contribution in [3.63, 3.8) is 0 Å². The molecule has 2 atom stereocenters. The molecule has 0 heterocycles. The lowest BCUT2D eigenvalue weighted by Crippen LogP contribution is -2.02. The average molecular weight is 144 g/mol. The van der Waals surface area contributed by atoms with Gasteiger partial charge in [-0.3, -0.25) is 0 Å². The molecule has 0 fully saturated rings. The molecule has 0 aliphatic rings. The first-order chi connectivity index (χ1) is 4.66. The number of hydrogen-bond acceptors (Lipinski definition) is 0. The highest BCUT2D eigenvalue weighted by atomic mass is 19.1. The number of hydrogen-bond donors (Lipinski definition) is 0. The van der Waals surface area contributed by atoms with Gasteiger partial charge in [-0.2, -0.15) is 0 Å². The summed E-state index contributed by atoms with van der Waals surface area (Å²) in [5.41, 5.74) is 0. The normalized spacial score (nSPS) is 16.3. The Bertz CT molecular complexity index is 86.7. The van der Waals surface area contributed by atoms with Gasteiger partial charge in [-0.15, -0.1) is 6.58 Å². The topological polar surface area (TPSA) is 0 Å². The minimum atomic E-state index is -0.653. The summed E-state index contributed by atoms with van der Waals surface area (Å²) in [5, 5.41) is 0. The van der Waals surface area contributed by atoms with Gasteiger partial charge in [-0.05, 0) is 32.1 Å². The lowest BCUT2D eigenvalue weighted by atomic mass is 10.00. The van der Waals surface area contributed by atoms with Gasteiger partial charge in [0.2, 0.25) is 0 Å². The summed E-state index contributed by atoms with van der Waals surface area (Å²) < 4.78 is 12.4. The quantitative estimate of drug-likeness (QED) is 0.519. The number of rotatable bonds is 5. The van der Waals surface area contributed by atoms with Crippen LogP contribution in [0.3, 0.4) is 0 Å². The van der Waals surface area contributed by atoms with E-state index in [1.165, 1.54) is 0 Å². The smallest absolute Gasteiger partial charge is 0.0976 e. The molecule has 1 heteroatoms. The van der Waals surface area contributed by atoms with E-state index in [2.05, 4.69) is 13.5 Å². The molecule has 0 aromatic rings. The number of allylic oxidation sites excluding steroid dienone is 1. The van der Waals surface area contributed by atoms with Gasteiger partial charge < -0.3 is 0 Å². The molecule has 0 amide bonds. The van der Waals surface area contributed by atoms with Crippen LogP contribution in [0.5, 0.6) is 0 Å². The van der Waals surface area contributed by atoms with E-state index in [1.54, 1.807) is 6.92 Å². The van der Waals surface area contributed by atoms with Gasteiger partial charge in [0.15, 0.2) is 0 Å². The van der Waals surface area contributed by atoms with E-state index in [0.717, 1.165) is 12.8 Å². The van der Waals surface area contributed by atoms with Crippen LogP contribution in [-0.2, 0) is 0 Å². The van der Waals surface area contributed by atoms with E-state index in [4.69, 9.17) is 0 Å². The Balaban J connectivity index is 3.24. The molecule has 10 heavy (non-hydrogen) atoms. The first-order valence-corrected chi connectivity index (χ1v) is 3.91. The predicted octanol–water partition coefficient (Wildman–Crippen LogP) is 3.34. The molecule has 60 valence electrons. The SMILES string of the molecule is C=CCCC(C)CC(C)F. The third kappa shape index (κ3) is 5.80. The lowest BCUT2D eigenvalue weighted by molar-refractivity contribution is 0.291. The molecule has 0 spiro atoms. The van der Waals surface area contributed by atoms with E-state index in [1.807, 2.05) is 6.08 Å². The Labute approximate surface area is 63.1 Å². The molecule has 0 aromatic carbocycles. The van der Waals surface area contributed by atoms with Crippen LogP contribution in [0, 0.1) is 5.92 Å². The van der Waals surface area contributed by atoms with E-state index in [9.17, 15) is 4.39 Å². The van der Waals surface area contributed by atoms with Crippen molar-refractivity contribution >= 4 is 0 Å². The van der Waals surface area contributed by atoms with Crippen molar-refractivity contribution in [1.29, 1.82) is 0 Å². The molecular formula is C9H17F. The minimum absolute atomic E-state index is 0.498. The summed E-state index contributed by atoms with van der Waals surface area (Å²) in [5.74, 6) is 0.498. The van der Waals surface area contributed by atoms with Crippen LogP contribution >= 0.6 is 0 Å². The molecular weight excluding hydrogens is 127 g/mol. The second kappa shape index (κ2) is 5.45. The molecule has 0 aromatic heterocycles. The number of alkyl halides is 1. The zero-order valence-corrected chi connectivity index (χ0v) is 6.94. The molecule has 0 aliphatic carbocycles. The molecule has 0 saturated heterocycles. The molecule has 0 saturated carbocycles. The highest BCUT2D eigenvalue weighted by Gasteiger charge is 2.05. The van der Waals surface area contributed by atoms with Crippen LogP contribution in [0.4, 0.5) is 4.39 Å². The van der Waals surface area contributed by atoms with E-state index < -0.39 is 6.17 Å². The highest BCUT2D eigenvalue weighted by molar-refractivity contribution is 4.68. The molecule has 2 unspecified atom stereocenters. The van der Waals surface area contributed by atoms with Crippen LogP contribution in [0.2, 0.25) is 0 Å². The highest BCUT2D eigenvalue weighted by Crippen LogP contribution is 2.14. The third-order valence-electron chi connectivity index (χ3n) is 1.59. The van der Waals surface area contributed by atoms with Crippen LogP contribution in [-0.4, -0.2) is 6.17 Å². The summed E-state index contributed by atoms with van der Waals surface area (Å²) in [6.45, 7) is 7.32. The van der Waals surface area contributed by atoms with Crippen molar-refractivity contribution in [3.05, 3.63) is 12.7 Å². The Morgan fingerprint density at radius 1 is 1.50 bits per heavy atom. The molecule has 0 radical (unpaired) electrons. The van der Waals surface area contributed by atoms with E-state index in [0.29, 0.717) is 12.3 Å². The second-order valence-corrected chi connectivity index (χ2v) is 2.99. The maximum atomic E-state index is 12.4. The van der Waals surface area contributed by atoms with Gasteiger partial charge in [-0.25, -0.2) is 4.39 Å². The summed E-state index contributed by atoms with van der Waals surface area (Å²) in [4.78, 5) is 0. The van der Waals surface area contributed by atoms with Crippen LogP contribution in [0.25, 0.3) is 0 Å². The Morgan fingerprint density at radius 3 is 2.50 bits per heavy atom. The van der Waals surface area contributed by atoms with Crippen molar-refractivity contribution in [1.82, 2.24) is 0 Å². The van der Waals surface area contributed by atoms with Crippen molar-refractivity contribution in [2.24, 2.45) is 5.92 Å². The van der Waals surface area contributed by atoms with Crippen LogP contribution in [0.15, 0.2) is 12.7 Å². The third-order valence-corrected chi connectivity index (χ3v) is 1.59. The minimum Gasteiger partial charge on any atom is -0.248 e. The molecule has 0 rings (SSSR count). The molecule has 0 aliphatic heterocycles. The Morgan fingerprint density at radius 2 is 2.10 bits per heavy atom. The monoisotopic (exact) mass is 144 g/mol. The van der Waals surface area contributed by atoms with E-state index in [-0.39, 0.29) is 0 Å². The Hall–Kier alpha value is -0.330. The van der Waals surface area contributed by atoms with Gasteiger partial charge in [0.1, 0.15) is 0 Å². The molecule has 0 nitrogen and oxygen atoms in total. The van der Waals surface area contributed by atoms with Crippen molar-refractivity contribution in [2.45, 2.75) is 39.3 Å². The van der Waals surface area contributed by atoms with Crippen molar-refractivity contribution in [2.75, 3.05) is 0 Å². The zero-order valence-electron chi connectivity index (χ0n) is 6.94. The van der Waals surface area contributed by atoms with Gasteiger partial charge in [0.25, 0.3) is 0 Å². The van der Waals surface area contributed by atoms with Crippen LogP contribution in [0.1, 0.15) is 33.1 Å². The van der Waals surface area contributed by atoms with Gasteiger partial charge in [0, 0.05) is 0 Å². The van der Waals surface area contributed by atoms with Gasteiger partial charge >= 0.3 is 0 Å². The summed E-state index contributed by atoms with van der Waals surface area (Å²) in [7, 11) is 0. The number of halogens is 1. The van der Waals surface area contributed by atoms with E-state index >= 15 is 0 Å². The van der Waals surface area contributed by atoms with Crippen molar-refractivity contribution < 1.29 is 4.39 Å². The molecule has 0 N–H and O–H groups in total. The Kier molecular flexibility index (Phi) is 5.27. The first kappa shape index (κ1) is 9.67. The van der Waals surface area contributed by atoms with Crippen LogP contribution < -0.4 is 0 Å². The fourth-order valence-electron chi connectivity index (χ4n) is 1.07. The van der Waals surface area contributed by atoms with Gasteiger partial charge in [0.05, 0.1) is 6.17 Å². The fraction of sp³-hybridized carbons (Fsp3) is 0.778. The summed E-state index contributed by atoms with van der Waals surface area (Å²) >= 11 is 0. The fourth-order valence-corrected chi connectivity index (χ4v) is 1.07. The predicted molar refractivity (Wildman–Crippen MR) is 43.8 cm³/mol. The standard InChI is InChI=1S/C9H17F/c1-4-5-6-8(2)7-9(3)10/h4,8-9H,1,5-7H2,2-3H3. The zero-order chi connectivity index (χ0) is 7.98. The average Bonchev–Trinajstić information content (AvgIpc) is 1.82. The maximum Gasteiger partial charge on any atom is 0.0976 e. The lowest BCUT2D eigenvalue weighted by Gasteiger charge is -2.09. The summed E-state index contributed by atoms with van der Waals surface area (Å²) in [6.07, 6.45) is 4.00. The first-order valence-electron chi connectivity index (χ1n) is 3.91. The van der Waals surface area contributed by atoms with Gasteiger partial charge in [-0.1, -0.05) is 13.0 Å². The second-order valence-electron chi connectivity index (χ2n) is 2.99. The van der Waals surface area contributed by atoms with Crippen molar-refractivity contribution in [3.8, 4) is 0 Å². The summed E-state index contributed by atoms with van der Waals surface area (Å²) in [6, 6.07) is 0. The maximum absolute atomic E-state index is 12.4. The molecule has 0 bridgehead atoms. The largest absolute Gasteiger partial charge is 0.248 e.